The van der Waals surface area contributed by atoms with Gasteiger partial charge in [0.2, 0.25) is 0 Å². The second-order valence-corrected chi connectivity index (χ2v) is 23.6. The quantitative estimate of drug-likeness (QED) is 0.0323. The minimum absolute atomic E-state index is 0.000801. The molecule has 0 atom stereocenters. The first-order chi connectivity index (χ1) is 34.3. The lowest BCUT2D eigenvalue weighted by molar-refractivity contribution is 0.413. The molecule has 392 valence electrons. The van der Waals surface area contributed by atoms with Gasteiger partial charge < -0.3 is 29.8 Å². The SMILES string of the molecule is COc1cc(N=Nc2c(S(=O)(=O)O)cc3c(N=Nc4cc(OC)c(N=Nc5cc(C)c(S(C)(=O)=O)cc5OC)cc4S(=O)(=O)O)c(N)ccc3c2O)c(S(=O)(=O)O)cc1N=Nc1cc(C)c(S(C)(=O)=O)cc1OC. The fraction of sp³-hybridized carbons (Fsp3) is 0.190. The van der Waals surface area contributed by atoms with Gasteiger partial charge in [-0.2, -0.15) is 25.3 Å². The molecule has 0 aliphatic heterocycles. The van der Waals surface area contributed by atoms with Gasteiger partial charge >= 0.3 is 0 Å². The maximum absolute atomic E-state index is 12.9. The molecule has 6 rings (SSSR count). The third-order valence-corrected chi connectivity index (χ3v) is 15.5. The smallest absolute Gasteiger partial charge is 0.296 e. The van der Waals surface area contributed by atoms with Crippen LogP contribution in [0.25, 0.3) is 10.8 Å². The third-order valence-electron chi connectivity index (χ3n) is 10.4. The number of nitrogen functional groups attached to an aromatic ring is 1. The van der Waals surface area contributed by atoms with Gasteiger partial charge in [-0.15, -0.1) is 40.9 Å². The summed E-state index contributed by atoms with van der Waals surface area (Å²) >= 11 is 0. The van der Waals surface area contributed by atoms with Crippen molar-refractivity contribution in [3.63, 3.8) is 0 Å². The van der Waals surface area contributed by atoms with E-state index in [1.54, 1.807) is 0 Å². The molecule has 0 saturated heterocycles. The zero-order valence-corrected chi connectivity index (χ0v) is 43.6. The molecule has 0 aromatic heterocycles. The highest BCUT2D eigenvalue weighted by Gasteiger charge is 2.27. The van der Waals surface area contributed by atoms with Crippen molar-refractivity contribution in [3.05, 3.63) is 77.9 Å². The maximum atomic E-state index is 12.9. The molecule has 6 aromatic carbocycles. The molecule has 0 bridgehead atoms. The Hall–Kier alpha value is -7.59. The first kappa shape index (κ1) is 55.7. The summed E-state index contributed by atoms with van der Waals surface area (Å²) in [6.45, 7) is 2.99. The summed E-state index contributed by atoms with van der Waals surface area (Å²) in [5.41, 5.74) is 3.11. The summed E-state index contributed by atoms with van der Waals surface area (Å²) in [5.74, 6) is -1.53. The molecular formula is C42H41N9O18S5. The van der Waals surface area contributed by atoms with Crippen molar-refractivity contribution in [1.82, 2.24) is 0 Å². The van der Waals surface area contributed by atoms with Gasteiger partial charge in [-0.05, 0) is 67.4 Å². The van der Waals surface area contributed by atoms with Gasteiger partial charge in [0.1, 0.15) is 83.2 Å². The maximum Gasteiger partial charge on any atom is 0.296 e. The van der Waals surface area contributed by atoms with Gasteiger partial charge in [-0.3, -0.25) is 13.7 Å². The Morgan fingerprint density at radius 1 is 0.405 bits per heavy atom. The number of nitrogens with two attached hydrogens (primary N) is 1. The molecular weight excluding hydrogens is 1080 g/mol. The molecule has 0 spiro atoms. The molecule has 0 aliphatic carbocycles. The molecule has 0 amide bonds. The molecule has 0 fully saturated rings. The van der Waals surface area contributed by atoms with Gasteiger partial charge in [-0.1, -0.05) is 0 Å². The second-order valence-electron chi connectivity index (χ2n) is 15.5. The Morgan fingerprint density at radius 3 is 1.09 bits per heavy atom. The Labute approximate surface area is 422 Å². The molecule has 6 N–H and O–H groups in total. The number of anilines is 1. The van der Waals surface area contributed by atoms with E-state index in [4.69, 9.17) is 24.7 Å². The van der Waals surface area contributed by atoms with Crippen molar-refractivity contribution in [2.75, 3.05) is 46.7 Å². The van der Waals surface area contributed by atoms with Crippen LogP contribution in [-0.4, -0.2) is 102 Å². The number of rotatable bonds is 17. The Morgan fingerprint density at radius 2 is 0.743 bits per heavy atom. The summed E-state index contributed by atoms with van der Waals surface area (Å²) in [7, 11) is -18.4. The third kappa shape index (κ3) is 11.9. The number of sulfone groups is 2. The molecule has 74 heavy (non-hydrogen) atoms. The van der Waals surface area contributed by atoms with Crippen LogP contribution in [0.5, 0.6) is 28.7 Å². The van der Waals surface area contributed by atoms with E-state index < -0.39 is 93.2 Å². The lowest BCUT2D eigenvalue weighted by atomic mass is 10.1. The minimum Gasteiger partial charge on any atom is -0.505 e. The first-order valence-electron chi connectivity index (χ1n) is 20.2. The number of fused-ring (bicyclic) bond motifs is 1. The predicted octanol–water partition coefficient (Wildman–Crippen LogP) is 8.99. The lowest BCUT2D eigenvalue weighted by Gasteiger charge is -2.12. The number of nitrogens with zero attached hydrogens (tertiary/aromatic N) is 8. The van der Waals surface area contributed by atoms with Crippen LogP contribution >= 0.6 is 0 Å². The highest BCUT2D eigenvalue weighted by Crippen LogP contribution is 2.48. The second kappa shape index (κ2) is 20.7. The van der Waals surface area contributed by atoms with Gasteiger partial charge in [0.15, 0.2) is 25.4 Å². The predicted molar refractivity (Wildman–Crippen MR) is 264 cm³/mol. The molecule has 0 heterocycles. The molecule has 0 saturated carbocycles. The zero-order valence-electron chi connectivity index (χ0n) is 39.6. The summed E-state index contributed by atoms with van der Waals surface area (Å²) in [6.07, 6.45) is 1.99. The average Bonchev–Trinajstić information content (AvgIpc) is 3.29. The van der Waals surface area contributed by atoms with Crippen LogP contribution in [0, 0.1) is 13.8 Å². The van der Waals surface area contributed by atoms with E-state index >= 15 is 0 Å². The monoisotopic (exact) mass is 1120 g/mol. The number of azo groups is 4. The van der Waals surface area contributed by atoms with Crippen LogP contribution in [0.3, 0.4) is 0 Å². The number of hydrogen-bond acceptors (Lipinski definition) is 24. The van der Waals surface area contributed by atoms with E-state index in [-0.39, 0.29) is 83.1 Å². The van der Waals surface area contributed by atoms with E-state index in [0.29, 0.717) is 0 Å². The Kier molecular flexibility index (Phi) is 15.6. The zero-order chi connectivity index (χ0) is 55.0. The summed E-state index contributed by atoms with van der Waals surface area (Å²) < 4.78 is 178. The van der Waals surface area contributed by atoms with E-state index in [9.17, 15) is 60.9 Å². The van der Waals surface area contributed by atoms with Gasteiger partial charge in [-0.25, -0.2) is 16.8 Å². The van der Waals surface area contributed by atoms with Gasteiger partial charge in [0.25, 0.3) is 30.4 Å². The number of methoxy groups -OCH3 is 4. The average molecular weight is 1120 g/mol. The fourth-order valence-corrected chi connectivity index (χ4v) is 10.8. The number of phenols is 1. The molecule has 0 aliphatic rings. The number of hydrogen-bond donors (Lipinski definition) is 5. The van der Waals surface area contributed by atoms with Gasteiger partial charge in [0, 0.05) is 47.5 Å². The van der Waals surface area contributed by atoms with Crippen molar-refractivity contribution in [2.24, 2.45) is 40.9 Å². The van der Waals surface area contributed by atoms with Crippen LogP contribution < -0.4 is 24.7 Å². The van der Waals surface area contributed by atoms with E-state index in [1.807, 2.05) is 0 Å². The van der Waals surface area contributed by atoms with Crippen LogP contribution in [0.4, 0.5) is 51.2 Å². The summed E-state index contributed by atoms with van der Waals surface area (Å²) in [4.78, 5) is -3.19. The van der Waals surface area contributed by atoms with Crippen LogP contribution in [0.2, 0.25) is 0 Å². The standard InChI is InChI=1S/C42H41N9O18S5/c1-20-11-25(33(68-5)18-35(20)70(7,53)54)44-46-27-16-37(72(57,58)59)29(14-31(27)66-3)48-50-40-23-13-39(74(63,64)65)41(42(52)22(23)9-10-24(40)43)51-49-30-15-32(67-4)28(17-38(30)73(60,61)62)47-45-26-12-21(2)36(71(8,55)56)19-34(26)69-6/h9-19,52H,43H2,1-8H3,(H,57,58,59)(H,60,61,62)(H,63,64,65). The normalized spacial score (nSPS) is 13.0. The Balaban J connectivity index is 1.46. The number of aromatic hydroxyl groups is 1. The molecule has 6 aromatic rings. The number of benzene rings is 6. The van der Waals surface area contributed by atoms with Crippen molar-refractivity contribution in [3.8, 4) is 28.7 Å². The molecule has 0 unspecified atom stereocenters. The van der Waals surface area contributed by atoms with E-state index in [1.165, 1.54) is 59.4 Å². The lowest BCUT2D eigenvalue weighted by Crippen LogP contribution is -2.01. The van der Waals surface area contributed by atoms with Crippen molar-refractivity contribution < 1.29 is 79.8 Å². The number of phenolic OH excluding ortho intramolecular Hbond substituents is 1. The van der Waals surface area contributed by atoms with Crippen LogP contribution in [0.15, 0.2) is 132 Å². The van der Waals surface area contributed by atoms with E-state index in [2.05, 4.69) is 40.9 Å². The summed E-state index contributed by atoms with van der Waals surface area (Å²) in [6, 6.07) is 11.6. The highest BCUT2D eigenvalue weighted by atomic mass is 32.2. The van der Waals surface area contributed by atoms with Crippen LogP contribution in [-0.2, 0) is 50.0 Å². The first-order valence-corrected chi connectivity index (χ1v) is 28.3. The van der Waals surface area contributed by atoms with Crippen molar-refractivity contribution in [2.45, 2.75) is 38.3 Å². The Bertz CT molecular complexity index is 4040. The topological polar surface area (TPSA) is 413 Å². The molecule has 27 nitrogen and oxygen atoms in total. The summed E-state index contributed by atoms with van der Waals surface area (Å²) in [5, 5.41) is 42.5. The number of ether oxygens (including phenoxy) is 4. The highest BCUT2D eigenvalue weighted by molar-refractivity contribution is 7.91. The minimum atomic E-state index is -5.41. The fourth-order valence-electron chi connectivity index (χ4n) is 6.97. The van der Waals surface area contributed by atoms with Gasteiger partial charge in [0.05, 0.1) is 43.9 Å². The van der Waals surface area contributed by atoms with Crippen molar-refractivity contribution >= 4 is 112 Å². The molecule has 0 radical (unpaired) electrons. The van der Waals surface area contributed by atoms with E-state index in [0.717, 1.165) is 62.1 Å². The largest absolute Gasteiger partial charge is 0.505 e. The molecule has 32 heteroatoms. The van der Waals surface area contributed by atoms with Crippen LogP contribution in [0.1, 0.15) is 11.1 Å². The number of aryl methyl sites for hydroxylation is 2. The van der Waals surface area contributed by atoms with Crippen molar-refractivity contribution in [1.29, 1.82) is 0 Å².